The maximum Gasteiger partial charge on any atom is 0.261 e. The van der Waals surface area contributed by atoms with Crippen LogP contribution in [0, 0.1) is 0 Å². The summed E-state index contributed by atoms with van der Waals surface area (Å²) in [6, 6.07) is 24.9. The molecule has 0 saturated heterocycles. The molecular formula is C24H27NO4S. The van der Waals surface area contributed by atoms with Gasteiger partial charge in [-0.15, -0.1) is 0 Å². The zero-order valence-corrected chi connectivity index (χ0v) is 17.9. The van der Waals surface area contributed by atoms with E-state index in [-0.39, 0.29) is 16.9 Å². The number of aliphatic hydroxyl groups excluding tert-OH is 1. The highest BCUT2D eigenvalue weighted by atomic mass is 32.2. The molecule has 2 N–H and O–H groups in total. The van der Waals surface area contributed by atoms with Gasteiger partial charge in [-0.05, 0) is 61.2 Å². The van der Waals surface area contributed by atoms with Crippen LogP contribution in [0.4, 0.5) is 5.69 Å². The Morgan fingerprint density at radius 2 is 1.43 bits per heavy atom. The largest absolute Gasteiger partial charge is 0.488 e. The monoisotopic (exact) mass is 425 g/mol. The number of benzene rings is 3. The number of aliphatic hydroxyl groups is 1. The minimum absolute atomic E-state index is 0.0848. The fourth-order valence-electron chi connectivity index (χ4n) is 3.18. The van der Waals surface area contributed by atoms with Gasteiger partial charge in [0.1, 0.15) is 11.9 Å². The number of hydrogen-bond donors (Lipinski definition) is 2. The minimum Gasteiger partial charge on any atom is -0.488 e. The number of rotatable bonds is 9. The Morgan fingerprint density at radius 3 is 2.03 bits per heavy atom. The lowest BCUT2D eigenvalue weighted by Gasteiger charge is -2.23. The van der Waals surface area contributed by atoms with E-state index in [2.05, 4.69) is 4.72 Å². The third-order valence-electron chi connectivity index (χ3n) is 4.99. The van der Waals surface area contributed by atoms with Gasteiger partial charge >= 0.3 is 0 Å². The van der Waals surface area contributed by atoms with E-state index in [1.165, 1.54) is 0 Å². The second-order valence-electron chi connectivity index (χ2n) is 7.38. The summed E-state index contributed by atoms with van der Waals surface area (Å²) in [7, 11) is -3.61. The fourth-order valence-corrected chi connectivity index (χ4v) is 4.26. The summed E-state index contributed by atoms with van der Waals surface area (Å²) in [5.41, 5.74) is 1.51. The first-order chi connectivity index (χ1) is 14.3. The lowest BCUT2D eigenvalue weighted by atomic mass is 9.93. The van der Waals surface area contributed by atoms with Gasteiger partial charge in [0.2, 0.25) is 0 Å². The number of sulfonamides is 1. The second kappa shape index (κ2) is 9.78. The summed E-state index contributed by atoms with van der Waals surface area (Å²) < 4.78 is 33.3. The zero-order chi connectivity index (χ0) is 21.6. The van der Waals surface area contributed by atoms with Crippen molar-refractivity contribution in [3.8, 4) is 5.75 Å². The molecule has 0 aliphatic rings. The van der Waals surface area contributed by atoms with Crippen LogP contribution < -0.4 is 9.46 Å². The predicted octanol–water partition coefficient (Wildman–Crippen LogP) is 4.81. The molecule has 3 aromatic rings. The number of hydrogen-bond acceptors (Lipinski definition) is 4. The molecule has 0 aliphatic heterocycles. The van der Waals surface area contributed by atoms with E-state index < -0.39 is 16.1 Å². The average Bonchev–Trinajstić information content (AvgIpc) is 2.75. The van der Waals surface area contributed by atoms with E-state index in [1.54, 1.807) is 42.5 Å². The highest BCUT2D eigenvalue weighted by Crippen LogP contribution is 2.25. The maximum atomic E-state index is 12.4. The molecule has 0 aromatic heterocycles. The van der Waals surface area contributed by atoms with Crippen LogP contribution in [0.15, 0.2) is 89.8 Å². The molecule has 0 radical (unpaired) electrons. The van der Waals surface area contributed by atoms with Crippen LogP contribution in [0.25, 0.3) is 0 Å². The summed E-state index contributed by atoms with van der Waals surface area (Å²) in [6.45, 7) is 3.88. The molecule has 0 spiro atoms. The quantitative estimate of drug-likeness (QED) is 0.516. The molecule has 3 atom stereocenters. The number of ether oxygens (including phenoxy) is 1. The van der Waals surface area contributed by atoms with Crippen molar-refractivity contribution in [1.82, 2.24) is 0 Å². The van der Waals surface area contributed by atoms with Crippen molar-refractivity contribution in [1.29, 1.82) is 0 Å². The van der Waals surface area contributed by atoms with Crippen LogP contribution in [0.2, 0.25) is 0 Å². The smallest absolute Gasteiger partial charge is 0.261 e. The Bertz CT molecular complexity index is 1020. The Balaban J connectivity index is 1.58. The van der Waals surface area contributed by atoms with Crippen molar-refractivity contribution in [3.63, 3.8) is 0 Å². The average molecular weight is 426 g/mol. The molecule has 3 rings (SSSR count). The van der Waals surface area contributed by atoms with E-state index in [4.69, 9.17) is 4.74 Å². The molecule has 158 valence electrons. The summed E-state index contributed by atoms with van der Waals surface area (Å²) in [6.07, 6.45) is -0.438. The predicted molar refractivity (Wildman–Crippen MR) is 119 cm³/mol. The van der Waals surface area contributed by atoms with E-state index in [0.717, 1.165) is 11.3 Å². The second-order valence-corrected chi connectivity index (χ2v) is 9.06. The van der Waals surface area contributed by atoms with Crippen molar-refractivity contribution < 1.29 is 18.3 Å². The minimum atomic E-state index is -3.61. The topological polar surface area (TPSA) is 75.6 Å². The molecule has 5 nitrogen and oxygen atoms in total. The summed E-state index contributed by atoms with van der Waals surface area (Å²) in [4.78, 5) is 0.220. The van der Waals surface area contributed by atoms with Gasteiger partial charge in [0.25, 0.3) is 10.0 Å². The van der Waals surface area contributed by atoms with E-state index in [1.807, 2.05) is 56.3 Å². The molecule has 0 heterocycles. The molecule has 3 unspecified atom stereocenters. The third kappa shape index (κ3) is 5.84. The van der Waals surface area contributed by atoms with Crippen LogP contribution >= 0.6 is 0 Å². The first-order valence-electron chi connectivity index (χ1n) is 9.93. The van der Waals surface area contributed by atoms with Crippen LogP contribution in [-0.2, 0) is 10.0 Å². The SMILES string of the molecule is CC(CC(O)C(C)Oc1ccccc1)c1ccc(NS(=O)(=O)c2ccccc2)cc1. The van der Waals surface area contributed by atoms with Gasteiger partial charge in [0, 0.05) is 5.69 Å². The normalized spacial score (nSPS) is 14.5. The number of para-hydroxylation sites is 1. The molecule has 6 heteroatoms. The lowest BCUT2D eigenvalue weighted by molar-refractivity contribution is 0.0379. The standard InChI is InChI=1S/C24H27NO4S/c1-18(17-24(26)19(2)29-22-9-5-3-6-10-22)20-13-15-21(16-14-20)25-30(27,28)23-11-7-4-8-12-23/h3-16,18-19,24-26H,17H2,1-2H3. The molecule has 3 aromatic carbocycles. The molecule has 0 bridgehead atoms. The van der Waals surface area contributed by atoms with Crippen molar-refractivity contribution >= 4 is 15.7 Å². The maximum absolute atomic E-state index is 12.4. The molecule has 0 saturated carbocycles. The summed E-state index contributed by atoms with van der Waals surface area (Å²) in [5.74, 6) is 0.813. The van der Waals surface area contributed by atoms with Crippen molar-refractivity contribution in [2.75, 3.05) is 4.72 Å². The van der Waals surface area contributed by atoms with Crippen molar-refractivity contribution in [2.24, 2.45) is 0 Å². The van der Waals surface area contributed by atoms with E-state index >= 15 is 0 Å². The van der Waals surface area contributed by atoms with Crippen LogP contribution in [0.3, 0.4) is 0 Å². The Morgan fingerprint density at radius 1 is 0.867 bits per heavy atom. The molecule has 0 aliphatic carbocycles. The van der Waals surface area contributed by atoms with Gasteiger partial charge in [-0.3, -0.25) is 4.72 Å². The number of nitrogens with one attached hydrogen (secondary N) is 1. The first-order valence-corrected chi connectivity index (χ1v) is 11.4. The Labute approximate surface area is 178 Å². The van der Waals surface area contributed by atoms with Crippen molar-refractivity contribution in [3.05, 3.63) is 90.5 Å². The van der Waals surface area contributed by atoms with E-state index in [0.29, 0.717) is 12.1 Å². The van der Waals surface area contributed by atoms with Crippen LogP contribution in [0.1, 0.15) is 31.7 Å². The van der Waals surface area contributed by atoms with Gasteiger partial charge < -0.3 is 9.84 Å². The Kier molecular flexibility index (Phi) is 7.13. The molecule has 0 amide bonds. The fraction of sp³-hybridized carbons (Fsp3) is 0.250. The highest BCUT2D eigenvalue weighted by Gasteiger charge is 2.20. The molecule has 0 fully saturated rings. The van der Waals surface area contributed by atoms with Gasteiger partial charge in [-0.1, -0.05) is 55.5 Å². The van der Waals surface area contributed by atoms with Gasteiger partial charge in [0.05, 0.1) is 11.0 Å². The first kappa shape index (κ1) is 21.9. The molecular weight excluding hydrogens is 398 g/mol. The van der Waals surface area contributed by atoms with Gasteiger partial charge in [-0.2, -0.15) is 0 Å². The summed E-state index contributed by atoms with van der Waals surface area (Å²) >= 11 is 0. The van der Waals surface area contributed by atoms with Crippen LogP contribution in [-0.4, -0.2) is 25.7 Å². The zero-order valence-electron chi connectivity index (χ0n) is 17.1. The van der Waals surface area contributed by atoms with Crippen molar-refractivity contribution in [2.45, 2.75) is 43.3 Å². The van der Waals surface area contributed by atoms with Crippen LogP contribution in [0.5, 0.6) is 5.75 Å². The third-order valence-corrected chi connectivity index (χ3v) is 6.38. The van der Waals surface area contributed by atoms with Gasteiger partial charge in [0.15, 0.2) is 0 Å². The molecule has 30 heavy (non-hydrogen) atoms. The van der Waals surface area contributed by atoms with Gasteiger partial charge in [-0.25, -0.2) is 8.42 Å². The highest BCUT2D eigenvalue weighted by molar-refractivity contribution is 7.92. The lowest BCUT2D eigenvalue weighted by Crippen LogP contribution is -2.30. The number of anilines is 1. The Hall–Kier alpha value is -2.83. The summed E-state index contributed by atoms with van der Waals surface area (Å²) in [5, 5.41) is 10.5. The van der Waals surface area contributed by atoms with E-state index in [9.17, 15) is 13.5 Å².